The number of carbonyl (C=O) groups is 2. The summed E-state index contributed by atoms with van der Waals surface area (Å²) in [5.74, 6) is -1.30. The van der Waals surface area contributed by atoms with Crippen LogP contribution < -0.4 is 5.32 Å². The number of esters is 1. The lowest BCUT2D eigenvalue weighted by atomic mass is 9.99. The van der Waals surface area contributed by atoms with Crippen LogP contribution in [-0.2, 0) is 23.8 Å². The van der Waals surface area contributed by atoms with E-state index in [2.05, 4.69) is 105 Å². The van der Waals surface area contributed by atoms with Crippen molar-refractivity contribution < 1.29 is 49.3 Å². The molecule has 11 nitrogen and oxygen atoms in total. The molecule has 6 N–H and O–H groups in total. The fourth-order valence-corrected chi connectivity index (χ4v) is 8.07. The molecule has 0 radical (unpaired) electrons. The first-order valence-corrected chi connectivity index (χ1v) is 29.0. The highest BCUT2D eigenvalue weighted by molar-refractivity contribution is 5.80. The predicted octanol–water partition coefficient (Wildman–Crippen LogP) is 13.3. The summed E-state index contributed by atoms with van der Waals surface area (Å²) in [7, 11) is 0. The zero-order valence-electron chi connectivity index (χ0n) is 46.6. The molecule has 424 valence electrons. The lowest BCUT2D eigenvalue weighted by molar-refractivity contribution is -0.305. The van der Waals surface area contributed by atoms with Gasteiger partial charge in [-0.2, -0.15) is 0 Å². The van der Waals surface area contributed by atoms with E-state index < -0.39 is 67.4 Å². The Morgan fingerprint density at radius 3 is 1.60 bits per heavy atom. The fraction of sp³-hybridized carbons (Fsp3) is 0.625. The van der Waals surface area contributed by atoms with Crippen LogP contribution in [0.5, 0.6) is 0 Å². The van der Waals surface area contributed by atoms with Gasteiger partial charge in [0.2, 0.25) is 5.91 Å². The van der Waals surface area contributed by atoms with Crippen molar-refractivity contribution in [1.82, 2.24) is 5.32 Å². The van der Waals surface area contributed by atoms with Crippen LogP contribution in [0.1, 0.15) is 194 Å². The normalized spacial score (nSPS) is 20.2. The third-order valence-corrected chi connectivity index (χ3v) is 12.6. The van der Waals surface area contributed by atoms with Gasteiger partial charge >= 0.3 is 5.97 Å². The Labute approximate surface area is 454 Å². The van der Waals surface area contributed by atoms with Crippen LogP contribution in [0.25, 0.3) is 0 Å². The Kier molecular flexibility index (Phi) is 46.4. The molecule has 0 bridgehead atoms. The summed E-state index contributed by atoms with van der Waals surface area (Å²) in [4.78, 5) is 26.4. The average Bonchev–Trinajstić information content (AvgIpc) is 3.41. The Balaban J connectivity index is 2.77. The maximum absolute atomic E-state index is 13.3. The van der Waals surface area contributed by atoms with Gasteiger partial charge in [-0.05, 0) is 96.3 Å². The molecule has 0 aliphatic carbocycles. The van der Waals surface area contributed by atoms with E-state index in [0.717, 1.165) is 96.3 Å². The molecule has 1 saturated heterocycles. The summed E-state index contributed by atoms with van der Waals surface area (Å²) < 4.78 is 17.5. The predicted molar refractivity (Wildman–Crippen MR) is 310 cm³/mol. The Morgan fingerprint density at radius 1 is 0.547 bits per heavy atom. The molecule has 0 aromatic rings. The minimum atomic E-state index is -1.65. The van der Waals surface area contributed by atoms with Gasteiger partial charge in [0.05, 0.1) is 25.4 Å². The molecule has 1 amide bonds. The molecule has 11 heteroatoms. The number of amides is 1. The first kappa shape index (κ1) is 68.8. The van der Waals surface area contributed by atoms with Crippen molar-refractivity contribution >= 4 is 11.9 Å². The van der Waals surface area contributed by atoms with E-state index in [-0.39, 0.29) is 19.4 Å². The number of ether oxygens (including phenoxy) is 3. The van der Waals surface area contributed by atoms with Crippen LogP contribution in [0, 0.1) is 0 Å². The monoisotopic (exact) mass is 1050 g/mol. The largest absolute Gasteiger partial charge is 0.454 e. The number of aliphatic hydroxyl groups is 5. The number of rotatable bonds is 46. The smallest absolute Gasteiger partial charge is 0.306 e. The van der Waals surface area contributed by atoms with Crippen molar-refractivity contribution in [3.63, 3.8) is 0 Å². The van der Waals surface area contributed by atoms with E-state index in [9.17, 15) is 35.1 Å². The molecule has 1 rings (SSSR count). The number of hydrogen-bond acceptors (Lipinski definition) is 10. The molecule has 1 fully saturated rings. The van der Waals surface area contributed by atoms with Gasteiger partial charge in [-0.3, -0.25) is 9.59 Å². The van der Waals surface area contributed by atoms with E-state index in [1.54, 1.807) is 6.08 Å². The van der Waals surface area contributed by atoms with Gasteiger partial charge in [0.15, 0.2) is 12.4 Å². The third kappa shape index (κ3) is 38.9. The van der Waals surface area contributed by atoms with E-state index in [1.165, 1.54) is 51.4 Å². The number of aliphatic hydroxyl groups excluding tert-OH is 5. The topological polar surface area (TPSA) is 175 Å². The van der Waals surface area contributed by atoms with Crippen LogP contribution in [0.15, 0.2) is 134 Å². The lowest BCUT2D eigenvalue weighted by Gasteiger charge is -2.41. The van der Waals surface area contributed by atoms with Crippen molar-refractivity contribution in [3.05, 3.63) is 134 Å². The lowest BCUT2D eigenvalue weighted by Crippen LogP contribution is -2.61. The maximum atomic E-state index is 13.3. The molecule has 8 atom stereocenters. The van der Waals surface area contributed by atoms with Crippen molar-refractivity contribution in [1.29, 1.82) is 0 Å². The summed E-state index contributed by atoms with van der Waals surface area (Å²) in [5.41, 5.74) is 0. The van der Waals surface area contributed by atoms with Gasteiger partial charge in [0.25, 0.3) is 0 Å². The highest BCUT2D eigenvalue weighted by Gasteiger charge is 2.47. The second-order valence-electron chi connectivity index (χ2n) is 19.3. The number of carbonyl (C=O) groups excluding carboxylic acids is 2. The molecule has 1 aliphatic heterocycles. The van der Waals surface area contributed by atoms with E-state index in [1.807, 2.05) is 48.6 Å². The standard InChI is InChI=1S/C64H103NO10/c1-4-7-10-13-16-19-22-25-26-27-28-29-30-31-32-34-37-40-43-46-49-52-59(69)75-62-61(71)60(70)58(53-66)74-64(62)73-54-55(56(67)50-47-44-41-38-36-33-23-20-17-14-11-8-5-2)65-63(72)57(68)51-48-45-42-39-35-24-21-18-15-12-9-6-3/h7,9-10,12,15-16,18-19,21,24-26,28-29,31-32,35,37,39-40,47,50,55-58,60-62,64,66-68,70-71H,4-6,8,11,13-14,17,20,22-23,27,30,33-34,36,38,41-46,48-49,51-54H2,1-3H3,(H,65,72)/b10-7-,12-9+,18-15+,19-16-,24-21-,26-25-,29-28-,32-31-,39-35-,40-37-,50-47+. The number of nitrogens with one attached hydrogen (secondary N) is 1. The maximum Gasteiger partial charge on any atom is 0.306 e. The van der Waals surface area contributed by atoms with Gasteiger partial charge in [-0.15, -0.1) is 0 Å². The summed E-state index contributed by atoms with van der Waals surface area (Å²) in [6, 6.07) is -1.06. The Hall–Kier alpha value is -4.20. The number of hydrogen-bond donors (Lipinski definition) is 6. The van der Waals surface area contributed by atoms with Gasteiger partial charge in [0, 0.05) is 6.42 Å². The molecular weight excluding hydrogens is 943 g/mol. The van der Waals surface area contributed by atoms with Crippen LogP contribution in [0.2, 0.25) is 0 Å². The zero-order valence-corrected chi connectivity index (χ0v) is 46.6. The highest BCUT2D eigenvalue weighted by Crippen LogP contribution is 2.26. The molecule has 75 heavy (non-hydrogen) atoms. The van der Waals surface area contributed by atoms with Gasteiger partial charge in [-0.25, -0.2) is 0 Å². The van der Waals surface area contributed by atoms with Crippen molar-refractivity contribution in [2.45, 2.75) is 243 Å². The first-order chi connectivity index (χ1) is 36.7. The van der Waals surface area contributed by atoms with Crippen LogP contribution in [0.3, 0.4) is 0 Å². The molecule has 0 saturated carbocycles. The second kappa shape index (κ2) is 50.6. The molecule has 1 heterocycles. The Bertz CT molecular complexity index is 1720. The first-order valence-electron chi connectivity index (χ1n) is 29.0. The number of unbranched alkanes of at least 4 members (excludes halogenated alkanes) is 15. The van der Waals surface area contributed by atoms with E-state index >= 15 is 0 Å². The zero-order chi connectivity index (χ0) is 54.7. The molecule has 0 aromatic carbocycles. The minimum absolute atomic E-state index is 0.0550. The Morgan fingerprint density at radius 2 is 1.03 bits per heavy atom. The van der Waals surface area contributed by atoms with Crippen LogP contribution in [-0.4, -0.2) is 99.6 Å². The third-order valence-electron chi connectivity index (χ3n) is 12.6. The van der Waals surface area contributed by atoms with E-state index in [4.69, 9.17) is 14.2 Å². The summed E-state index contributed by atoms with van der Waals surface area (Å²) in [6.45, 7) is 5.45. The van der Waals surface area contributed by atoms with Crippen molar-refractivity contribution in [2.24, 2.45) is 0 Å². The number of allylic oxidation sites excluding steroid dienone is 21. The molecule has 1 aliphatic rings. The van der Waals surface area contributed by atoms with Crippen molar-refractivity contribution in [2.75, 3.05) is 13.2 Å². The minimum Gasteiger partial charge on any atom is -0.454 e. The van der Waals surface area contributed by atoms with Gasteiger partial charge < -0.3 is 45.1 Å². The van der Waals surface area contributed by atoms with Gasteiger partial charge in [0.1, 0.15) is 24.4 Å². The fourth-order valence-electron chi connectivity index (χ4n) is 8.07. The molecular formula is C64H103NO10. The van der Waals surface area contributed by atoms with E-state index in [0.29, 0.717) is 12.8 Å². The molecule has 8 unspecified atom stereocenters. The van der Waals surface area contributed by atoms with Gasteiger partial charge in [-0.1, -0.05) is 225 Å². The summed E-state index contributed by atoms with van der Waals surface area (Å²) in [5, 5.41) is 56.8. The summed E-state index contributed by atoms with van der Waals surface area (Å²) in [6.07, 6.45) is 60.7. The average molecular weight is 1050 g/mol. The molecule has 0 aromatic heterocycles. The quantitative estimate of drug-likeness (QED) is 0.0149. The highest BCUT2D eigenvalue weighted by atomic mass is 16.7. The SMILES string of the molecule is CC/C=C\C/C=C\C/C=C\C/C=C\C/C=C\C/C=C\CCCCC(=O)OC1C(OCC(NC(=O)C(O)CCCC\C=C/C=C\C=C\C=C\CC)C(O)/C=C/CCCCCCCCCCCCC)OC(CO)C(O)C1O. The van der Waals surface area contributed by atoms with Crippen LogP contribution >= 0.6 is 0 Å². The molecule has 0 spiro atoms. The summed E-state index contributed by atoms with van der Waals surface area (Å²) >= 11 is 0. The van der Waals surface area contributed by atoms with Crippen LogP contribution in [0.4, 0.5) is 0 Å². The van der Waals surface area contributed by atoms with Crippen molar-refractivity contribution in [3.8, 4) is 0 Å². The second-order valence-corrected chi connectivity index (χ2v) is 19.3.